The topological polar surface area (TPSA) is 32.8 Å². The molecule has 3 heterocycles. The highest BCUT2D eigenvalue weighted by Gasteiger charge is 2.39. The summed E-state index contributed by atoms with van der Waals surface area (Å²) < 4.78 is 6.33. The number of hydrogen-bond donors (Lipinski definition) is 0. The van der Waals surface area contributed by atoms with Gasteiger partial charge in [0, 0.05) is 34.9 Å². The van der Waals surface area contributed by atoms with Crippen molar-refractivity contribution in [3.05, 3.63) is 81.8 Å². The van der Waals surface area contributed by atoms with Crippen LogP contribution in [0.1, 0.15) is 41.6 Å². The normalized spacial score (nSPS) is 23.9. The molecule has 35 heavy (non-hydrogen) atoms. The van der Waals surface area contributed by atoms with Gasteiger partial charge in [0.1, 0.15) is 11.9 Å². The van der Waals surface area contributed by atoms with Crippen molar-refractivity contribution in [1.29, 1.82) is 0 Å². The molecule has 0 N–H and O–H groups in total. The van der Waals surface area contributed by atoms with Crippen LogP contribution in [0.15, 0.2) is 60.7 Å². The number of benzene rings is 3. The van der Waals surface area contributed by atoms with Gasteiger partial charge in [-0.1, -0.05) is 47.5 Å². The van der Waals surface area contributed by atoms with Crippen LogP contribution < -0.4 is 9.64 Å². The minimum Gasteiger partial charge on any atom is -0.489 e. The number of fused-ring (bicyclic) bond motifs is 3. The molecule has 3 aromatic rings. The maximum absolute atomic E-state index is 13.4. The molecule has 2 fully saturated rings. The van der Waals surface area contributed by atoms with E-state index in [1.165, 1.54) is 12.8 Å². The summed E-state index contributed by atoms with van der Waals surface area (Å²) in [5, 5.41) is 1.27. The first kappa shape index (κ1) is 22.9. The van der Waals surface area contributed by atoms with E-state index in [1.807, 2.05) is 59.5 Å². The van der Waals surface area contributed by atoms with Crippen molar-refractivity contribution in [3.8, 4) is 16.9 Å². The first-order valence-electron chi connectivity index (χ1n) is 12.3. The lowest BCUT2D eigenvalue weighted by atomic mass is 9.94. The molecular weight excluding hydrogens is 479 g/mol. The largest absolute Gasteiger partial charge is 0.489 e. The van der Waals surface area contributed by atoms with Gasteiger partial charge in [-0.05, 0) is 92.2 Å². The Labute approximate surface area is 216 Å². The number of ether oxygens (including phenoxy) is 1. The molecule has 180 valence electrons. The minimum absolute atomic E-state index is 0.00512. The quantitative estimate of drug-likeness (QED) is 0.387. The summed E-state index contributed by atoms with van der Waals surface area (Å²) in [7, 11) is 2.23. The van der Waals surface area contributed by atoms with Crippen molar-refractivity contribution in [3.63, 3.8) is 0 Å². The van der Waals surface area contributed by atoms with Crippen LogP contribution in [0.4, 0.5) is 5.69 Å². The lowest BCUT2D eigenvalue weighted by molar-refractivity contribution is 0.0662. The summed E-state index contributed by atoms with van der Waals surface area (Å²) in [4.78, 5) is 17.7. The van der Waals surface area contributed by atoms with Gasteiger partial charge in [0.15, 0.2) is 0 Å². The Morgan fingerprint density at radius 1 is 0.886 bits per heavy atom. The van der Waals surface area contributed by atoms with Crippen LogP contribution in [-0.2, 0) is 6.42 Å². The molecule has 6 rings (SSSR count). The Balaban J connectivity index is 1.18. The molecule has 0 aromatic heterocycles. The third kappa shape index (κ3) is 4.33. The van der Waals surface area contributed by atoms with Gasteiger partial charge in [-0.25, -0.2) is 0 Å². The lowest BCUT2D eigenvalue weighted by Gasteiger charge is -2.36. The number of hydrogen-bond acceptors (Lipinski definition) is 3. The summed E-state index contributed by atoms with van der Waals surface area (Å²) >= 11 is 12.7. The first-order valence-corrected chi connectivity index (χ1v) is 13.1. The number of anilines is 1. The third-order valence-electron chi connectivity index (χ3n) is 7.94. The van der Waals surface area contributed by atoms with Crippen molar-refractivity contribution < 1.29 is 9.53 Å². The van der Waals surface area contributed by atoms with Crippen LogP contribution in [0.25, 0.3) is 11.1 Å². The second-order valence-electron chi connectivity index (χ2n) is 9.96. The van der Waals surface area contributed by atoms with Crippen molar-refractivity contribution in [2.75, 3.05) is 18.5 Å². The summed E-state index contributed by atoms with van der Waals surface area (Å²) in [6.07, 6.45) is 5.59. The van der Waals surface area contributed by atoms with Gasteiger partial charge in [-0.3, -0.25) is 4.79 Å². The Hall–Kier alpha value is -2.53. The molecule has 2 saturated heterocycles. The Kier molecular flexibility index (Phi) is 6.00. The zero-order valence-corrected chi connectivity index (χ0v) is 21.2. The summed E-state index contributed by atoms with van der Waals surface area (Å²) in [5.41, 5.74) is 4.80. The number of halogens is 2. The van der Waals surface area contributed by atoms with Gasteiger partial charge in [-0.15, -0.1) is 0 Å². The summed E-state index contributed by atoms with van der Waals surface area (Å²) in [6, 6.07) is 20.8. The van der Waals surface area contributed by atoms with Crippen LogP contribution in [0, 0.1) is 0 Å². The molecule has 2 bridgehead atoms. The molecule has 0 saturated carbocycles. The van der Waals surface area contributed by atoms with Gasteiger partial charge in [0.25, 0.3) is 5.91 Å². The van der Waals surface area contributed by atoms with Gasteiger partial charge in [-0.2, -0.15) is 0 Å². The van der Waals surface area contributed by atoms with Crippen molar-refractivity contribution in [2.24, 2.45) is 0 Å². The fraction of sp³-hybridized carbons (Fsp3) is 0.345. The van der Waals surface area contributed by atoms with E-state index in [0.29, 0.717) is 34.4 Å². The van der Waals surface area contributed by atoms with E-state index >= 15 is 0 Å². The van der Waals surface area contributed by atoms with E-state index in [-0.39, 0.29) is 12.0 Å². The predicted octanol–water partition coefficient (Wildman–Crippen LogP) is 6.87. The van der Waals surface area contributed by atoms with E-state index in [9.17, 15) is 4.79 Å². The van der Waals surface area contributed by atoms with Gasteiger partial charge in [0.05, 0.1) is 5.02 Å². The number of carbonyl (C=O) groups excluding carboxylic acids is 1. The molecule has 0 unspecified atom stereocenters. The fourth-order valence-electron chi connectivity index (χ4n) is 5.95. The number of nitrogens with zero attached hydrogens (tertiary/aromatic N) is 2. The zero-order valence-electron chi connectivity index (χ0n) is 19.7. The van der Waals surface area contributed by atoms with Crippen molar-refractivity contribution in [1.82, 2.24) is 4.90 Å². The van der Waals surface area contributed by atoms with E-state index < -0.39 is 0 Å². The van der Waals surface area contributed by atoms with Crippen molar-refractivity contribution in [2.45, 2.75) is 50.3 Å². The Morgan fingerprint density at radius 3 is 2.31 bits per heavy atom. The molecule has 3 aliphatic heterocycles. The Bertz CT molecular complexity index is 1260. The molecular formula is C29H28Cl2N2O2. The highest BCUT2D eigenvalue weighted by molar-refractivity contribution is 6.32. The third-order valence-corrected chi connectivity index (χ3v) is 8.49. The number of carbonyl (C=O) groups is 1. The highest BCUT2D eigenvalue weighted by Crippen LogP contribution is 2.38. The average molecular weight is 507 g/mol. The van der Waals surface area contributed by atoms with E-state index in [1.54, 1.807) is 0 Å². The second kappa shape index (κ2) is 9.16. The zero-order chi connectivity index (χ0) is 24.1. The van der Waals surface area contributed by atoms with Crippen molar-refractivity contribution >= 4 is 34.8 Å². The highest BCUT2D eigenvalue weighted by atomic mass is 35.5. The lowest BCUT2D eigenvalue weighted by Crippen LogP contribution is -2.43. The van der Waals surface area contributed by atoms with Crippen LogP contribution >= 0.6 is 23.2 Å². The van der Waals surface area contributed by atoms with E-state index in [2.05, 4.69) is 18.0 Å². The summed E-state index contributed by atoms with van der Waals surface area (Å²) in [5.74, 6) is 0.715. The van der Waals surface area contributed by atoms with E-state index in [0.717, 1.165) is 47.2 Å². The molecule has 0 aliphatic carbocycles. The van der Waals surface area contributed by atoms with E-state index in [4.69, 9.17) is 27.9 Å². The molecule has 0 spiro atoms. The molecule has 3 aliphatic rings. The maximum Gasteiger partial charge on any atom is 0.258 e. The fourth-order valence-corrected chi connectivity index (χ4v) is 6.29. The molecule has 0 radical (unpaired) electrons. The van der Waals surface area contributed by atoms with Crippen LogP contribution in [-0.4, -0.2) is 42.6 Å². The van der Waals surface area contributed by atoms with Gasteiger partial charge >= 0.3 is 0 Å². The van der Waals surface area contributed by atoms with Crippen LogP contribution in [0.5, 0.6) is 5.75 Å². The molecule has 1 amide bonds. The predicted molar refractivity (Wildman–Crippen MR) is 142 cm³/mol. The van der Waals surface area contributed by atoms with Gasteiger partial charge in [0.2, 0.25) is 0 Å². The molecule has 6 heteroatoms. The monoisotopic (exact) mass is 506 g/mol. The number of amides is 1. The first-order chi connectivity index (χ1) is 17.0. The maximum atomic E-state index is 13.4. The SMILES string of the molecule is CN1[C@@H]2CC[C@H]1C[C@@H](Oc1ccc(N3CCc4cc(-c5ccc(Cl)cc5)ccc4C3=O)cc1Cl)C2. The smallest absolute Gasteiger partial charge is 0.258 e. The Morgan fingerprint density at radius 2 is 1.60 bits per heavy atom. The number of piperidine rings is 1. The molecule has 4 nitrogen and oxygen atoms in total. The second-order valence-corrected chi connectivity index (χ2v) is 10.8. The summed E-state index contributed by atoms with van der Waals surface area (Å²) in [6.45, 7) is 0.616. The molecule has 3 atom stereocenters. The standard InChI is InChI=1S/C29H28Cl2N2O2/c1-32-22-7-8-23(32)16-25(15-22)35-28-11-9-24(17-27(28)31)33-13-12-20-14-19(4-10-26(20)29(33)34)18-2-5-21(30)6-3-18/h2-6,9-11,14,17,22-23,25H,7-8,12-13,15-16H2,1H3/t22-,23+,25+. The van der Waals surface area contributed by atoms with Crippen LogP contribution in [0.3, 0.4) is 0 Å². The number of rotatable bonds is 4. The minimum atomic E-state index is 0.00512. The average Bonchev–Trinajstić information content (AvgIpc) is 3.06. The van der Waals surface area contributed by atoms with Gasteiger partial charge < -0.3 is 14.5 Å². The molecule has 3 aromatic carbocycles. The van der Waals surface area contributed by atoms with Crippen LogP contribution in [0.2, 0.25) is 10.0 Å².